The minimum absolute atomic E-state index is 0.0759. The molecule has 0 saturated carbocycles. The van der Waals surface area contributed by atoms with Gasteiger partial charge in [-0.2, -0.15) is 0 Å². The van der Waals surface area contributed by atoms with Gasteiger partial charge in [0.2, 0.25) is 5.91 Å². The quantitative estimate of drug-likeness (QED) is 0.887. The van der Waals surface area contributed by atoms with Crippen molar-refractivity contribution in [2.24, 2.45) is 5.92 Å². The normalized spacial score (nSPS) is 17.8. The molecule has 1 amide bonds. The molecule has 0 aliphatic carbocycles. The van der Waals surface area contributed by atoms with Gasteiger partial charge >= 0.3 is 0 Å². The lowest BCUT2D eigenvalue weighted by molar-refractivity contribution is -0.121. The molecule has 1 saturated heterocycles. The predicted molar refractivity (Wildman–Crippen MR) is 73.3 cm³/mol. The van der Waals surface area contributed by atoms with Crippen molar-refractivity contribution in [3.63, 3.8) is 0 Å². The molecule has 0 bridgehead atoms. The van der Waals surface area contributed by atoms with Crippen molar-refractivity contribution >= 4 is 5.91 Å². The first-order valence-corrected chi connectivity index (χ1v) is 7.00. The lowest BCUT2D eigenvalue weighted by Gasteiger charge is -2.28. The van der Waals surface area contributed by atoms with Gasteiger partial charge in [0.05, 0.1) is 6.42 Å². The highest BCUT2D eigenvalue weighted by molar-refractivity contribution is 5.78. The summed E-state index contributed by atoms with van der Waals surface area (Å²) in [5.74, 6) is -1.48. The molecule has 1 atom stereocenters. The summed E-state index contributed by atoms with van der Waals surface area (Å²) in [6.07, 6.45) is 2.17. The van der Waals surface area contributed by atoms with Crippen LogP contribution in [0.25, 0.3) is 0 Å². The third kappa shape index (κ3) is 4.00. The molecule has 1 unspecified atom stereocenters. The number of nitrogens with one attached hydrogen (secondary N) is 2. The van der Waals surface area contributed by atoms with Crippen molar-refractivity contribution in [3.8, 4) is 0 Å². The van der Waals surface area contributed by atoms with E-state index in [0.717, 1.165) is 38.1 Å². The zero-order valence-electron chi connectivity index (χ0n) is 11.6. The molecule has 0 aromatic heterocycles. The van der Waals surface area contributed by atoms with E-state index in [1.807, 2.05) is 6.92 Å². The van der Waals surface area contributed by atoms with Crippen LogP contribution in [0, 0.1) is 17.6 Å². The predicted octanol–water partition coefficient (Wildman–Crippen LogP) is 2.01. The Morgan fingerprint density at radius 3 is 2.70 bits per heavy atom. The van der Waals surface area contributed by atoms with Crippen molar-refractivity contribution in [2.75, 3.05) is 13.1 Å². The Bertz CT molecular complexity index is 473. The van der Waals surface area contributed by atoms with Gasteiger partial charge in [-0.05, 0) is 56.5 Å². The topological polar surface area (TPSA) is 41.1 Å². The maximum absolute atomic E-state index is 13.1. The molecule has 1 aliphatic rings. The van der Waals surface area contributed by atoms with Gasteiger partial charge in [-0.15, -0.1) is 0 Å². The lowest BCUT2D eigenvalue weighted by Crippen LogP contribution is -2.43. The van der Waals surface area contributed by atoms with E-state index in [2.05, 4.69) is 10.6 Å². The van der Waals surface area contributed by atoms with Crippen LogP contribution >= 0.6 is 0 Å². The summed E-state index contributed by atoms with van der Waals surface area (Å²) >= 11 is 0. The van der Waals surface area contributed by atoms with Gasteiger partial charge in [0.1, 0.15) is 0 Å². The maximum Gasteiger partial charge on any atom is 0.224 e. The van der Waals surface area contributed by atoms with Crippen molar-refractivity contribution in [3.05, 3.63) is 35.4 Å². The number of piperidine rings is 1. The van der Waals surface area contributed by atoms with Crippen molar-refractivity contribution < 1.29 is 13.6 Å². The minimum atomic E-state index is -0.915. The molecule has 2 rings (SSSR count). The number of halogens is 2. The highest BCUT2D eigenvalue weighted by Gasteiger charge is 2.21. The molecule has 5 heteroatoms. The number of amides is 1. The number of hydrogen-bond acceptors (Lipinski definition) is 2. The van der Waals surface area contributed by atoms with E-state index in [9.17, 15) is 13.6 Å². The molecule has 20 heavy (non-hydrogen) atoms. The minimum Gasteiger partial charge on any atom is -0.353 e. The van der Waals surface area contributed by atoms with E-state index < -0.39 is 11.6 Å². The van der Waals surface area contributed by atoms with Crippen LogP contribution in [0.3, 0.4) is 0 Å². The van der Waals surface area contributed by atoms with Crippen LogP contribution in [0.2, 0.25) is 0 Å². The van der Waals surface area contributed by atoms with Gasteiger partial charge in [0, 0.05) is 6.04 Å². The van der Waals surface area contributed by atoms with Crippen molar-refractivity contribution in [1.29, 1.82) is 0 Å². The fraction of sp³-hybridized carbons (Fsp3) is 0.533. The molecular weight excluding hydrogens is 262 g/mol. The molecule has 2 N–H and O–H groups in total. The summed E-state index contributed by atoms with van der Waals surface area (Å²) in [6, 6.07) is 3.67. The first kappa shape index (κ1) is 14.9. The summed E-state index contributed by atoms with van der Waals surface area (Å²) in [4.78, 5) is 11.9. The monoisotopic (exact) mass is 282 g/mol. The van der Waals surface area contributed by atoms with Crippen LogP contribution < -0.4 is 10.6 Å². The van der Waals surface area contributed by atoms with Crippen LogP contribution in [0.4, 0.5) is 8.78 Å². The second kappa shape index (κ2) is 6.79. The zero-order valence-corrected chi connectivity index (χ0v) is 11.6. The number of carbonyl (C=O) groups is 1. The number of hydrogen-bond donors (Lipinski definition) is 2. The lowest BCUT2D eigenvalue weighted by atomic mass is 9.91. The van der Waals surface area contributed by atoms with Crippen LogP contribution in [-0.2, 0) is 11.2 Å². The van der Waals surface area contributed by atoms with Gasteiger partial charge in [0.25, 0.3) is 0 Å². The molecule has 1 heterocycles. The number of rotatable bonds is 4. The standard InChI is InChI=1S/C15H20F2N2O/c1-10(12-4-6-18-7-5-12)19-15(20)9-11-2-3-13(16)14(17)8-11/h2-3,8,10,12,18H,4-7,9H2,1H3,(H,19,20). The Hall–Kier alpha value is -1.49. The van der Waals surface area contributed by atoms with Gasteiger partial charge in [0.15, 0.2) is 11.6 Å². The summed E-state index contributed by atoms with van der Waals surface area (Å²) < 4.78 is 25.9. The summed E-state index contributed by atoms with van der Waals surface area (Å²) in [7, 11) is 0. The molecule has 0 spiro atoms. The fourth-order valence-corrected chi connectivity index (χ4v) is 2.60. The van der Waals surface area contributed by atoms with Crippen molar-refractivity contribution in [2.45, 2.75) is 32.2 Å². The smallest absolute Gasteiger partial charge is 0.224 e. The molecule has 1 aromatic carbocycles. The summed E-state index contributed by atoms with van der Waals surface area (Å²) in [6.45, 7) is 3.96. The van der Waals surface area contributed by atoms with E-state index in [1.54, 1.807) is 0 Å². The average molecular weight is 282 g/mol. The van der Waals surface area contributed by atoms with Gasteiger partial charge in [-0.25, -0.2) is 8.78 Å². The van der Waals surface area contributed by atoms with Crippen LogP contribution in [-0.4, -0.2) is 25.0 Å². The largest absolute Gasteiger partial charge is 0.353 e. The number of benzene rings is 1. The van der Waals surface area contributed by atoms with Gasteiger partial charge in [-0.3, -0.25) is 4.79 Å². The van der Waals surface area contributed by atoms with Crippen LogP contribution in [0.1, 0.15) is 25.3 Å². The third-order valence-electron chi connectivity index (χ3n) is 3.83. The molecular formula is C15H20F2N2O. The van der Waals surface area contributed by atoms with Crippen LogP contribution in [0.5, 0.6) is 0 Å². The van der Waals surface area contributed by atoms with E-state index in [1.165, 1.54) is 6.07 Å². The highest BCUT2D eigenvalue weighted by Crippen LogP contribution is 2.16. The first-order chi connectivity index (χ1) is 9.56. The molecule has 1 aliphatic heterocycles. The highest BCUT2D eigenvalue weighted by atomic mass is 19.2. The first-order valence-electron chi connectivity index (χ1n) is 7.00. The van der Waals surface area contributed by atoms with Gasteiger partial charge in [-0.1, -0.05) is 6.07 Å². The Balaban J connectivity index is 1.86. The second-order valence-corrected chi connectivity index (χ2v) is 5.37. The maximum atomic E-state index is 13.1. The average Bonchev–Trinajstić information content (AvgIpc) is 2.44. The SMILES string of the molecule is CC(NC(=O)Cc1ccc(F)c(F)c1)C1CCNCC1. The Morgan fingerprint density at radius 2 is 2.05 bits per heavy atom. The number of carbonyl (C=O) groups excluding carboxylic acids is 1. The Morgan fingerprint density at radius 1 is 1.35 bits per heavy atom. The molecule has 1 fully saturated rings. The van der Waals surface area contributed by atoms with Crippen molar-refractivity contribution in [1.82, 2.24) is 10.6 Å². The van der Waals surface area contributed by atoms with E-state index >= 15 is 0 Å². The van der Waals surface area contributed by atoms with Gasteiger partial charge < -0.3 is 10.6 Å². The summed E-state index contributed by atoms with van der Waals surface area (Å²) in [5, 5.41) is 6.23. The Labute approximate surface area is 117 Å². The van der Waals surface area contributed by atoms with E-state index in [-0.39, 0.29) is 18.4 Å². The van der Waals surface area contributed by atoms with E-state index in [0.29, 0.717) is 11.5 Å². The third-order valence-corrected chi connectivity index (χ3v) is 3.83. The Kier molecular flexibility index (Phi) is 5.06. The molecule has 110 valence electrons. The summed E-state index contributed by atoms with van der Waals surface area (Å²) in [5.41, 5.74) is 0.485. The molecule has 1 aromatic rings. The zero-order chi connectivity index (χ0) is 14.5. The second-order valence-electron chi connectivity index (χ2n) is 5.37. The molecule has 3 nitrogen and oxygen atoms in total. The fourth-order valence-electron chi connectivity index (χ4n) is 2.60. The van der Waals surface area contributed by atoms with Crippen LogP contribution in [0.15, 0.2) is 18.2 Å². The van der Waals surface area contributed by atoms with E-state index in [4.69, 9.17) is 0 Å². The molecule has 0 radical (unpaired) electrons.